The molecule has 2 bridgehead atoms. The van der Waals surface area contributed by atoms with Crippen LogP contribution in [0, 0.1) is 12.7 Å². The zero-order chi connectivity index (χ0) is 16.7. The van der Waals surface area contributed by atoms with Crippen LogP contribution < -0.4 is 9.64 Å². The van der Waals surface area contributed by atoms with Crippen molar-refractivity contribution in [1.29, 1.82) is 0 Å². The number of rotatable bonds is 4. The lowest BCUT2D eigenvalue weighted by atomic mass is 9.87. The Kier molecular flexibility index (Phi) is 3.84. The molecule has 0 N–H and O–H groups in total. The molecular weight excluding hydrogens is 307 g/mol. The molecule has 3 aliphatic rings. The highest BCUT2D eigenvalue weighted by Crippen LogP contribution is 2.35. The third kappa shape index (κ3) is 2.71. The van der Waals surface area contributed by atoms with Crippen molar-refractivity contribution in [2.45, 2.75) is 32.0 Å². The fourth-order valence-electron chi connectivity index (χ4n) is 3.72. The molecule has 1 aromatic heterocycles. The van der Waals surface area contributed by atoms with Gasteiger partial charge in [0.25, 0.3) is 0 Å². The van der Waals surface area contributed by atoms with Crippen LogP contribution in [0.2, 0.25) is 0 Å². The second-order valence-electron chi connectivity index (χ2n) is 6.59. The summed E-state index contributed by atoms with van der Waals surface area (Å²) in [5, 5.41) is 0. The van der Waals surface area contributed by atoms with E-state index in [1.807, 2.05) is 25.3 Å². The van der Waals surface area contributed by atoms with E-state index in [0.29, 0.717) is 17.8 Å². The molecule has 2 unspecified atom stereocenters. The van der Waals surface area contributed by atoms with Crippen LogP contribution in [0.1, 0.15) is 17.7 Å². The minimum Gasteiger partial charge on any atom is -0.494 e. The van der Waals surface area contributed by atoms with Gasteiger partial charge in [0.1, 0.15) is 0 Å². The number of benzene rings is 1. The van der Waals surface area contributed by atoms with Gasteiger partial charge in [-0.05, 0) is 37.1 Å². The number of aromatic nitrogens is 2. The molecule has 126 valence electrons. The zero-order valence-electron chi connectivity index (χ0n) is 13.9. The smallest absolute Gasteiger partial charge is 0.225 e. The SMILES string of the molecule is COc1ccc(CN2C3CC2CN(c2nccc(C)n2)C3)cc1F. The molecule has 0 aliphatic carbocycles. The summed E-state index contributed by atoms with van der Waals surface area (Å²) in [7, 11) is 1.49. The van der Waals surface area contributed by atoms with E-state index in [1.165, 1.54) is 13.5 Å². The van der Waals surface area contributed by atoms with Gasteiger partial charge in [0.05, 0.1) is 7.11 Å². The summed E-state index contributed by atoms with van der Waals surface area (Å²) < 4.78 is 18.8. The van der Waals surface area contributed by atoms with Gasteiger partial charge in [-0.1, -0.05) is 6.07 Å². The molecule has 6 heteroatoms. The standard InChI is InChI=1S/C18H21FN4O/c1-12-5-6-20-18(21-12)22-10-14-8-15(11-22)23(14)9-13-3-4-17(24-2)16(19)7-13/h3-7,14-15H,8-11H2,1-2H3. The van der Waals surface area contributed by atoms with Crippen LogP contribution in [0.25, 0.3) is 0 Å². The predicted octanol–water partition coefficient (Wildman–Crippen LogP) is 2.40. The summed E-state index contributed by atoms with van der Waals surface area (Å²) in [5.74, 6) is 0.820. The number of halogens is 1. The molecule has 0 radical (unpaired) electrons. The molecule has 3 fully saturated rings. The van der Waals surface area contributed by atoms with E-state index in [9.17, 15) is 4.39 Å². The summed E-state index contributed by atoms with van der Waals surface area (Å²) in [4.78, 5) is 13.6. The highest BCUT2D eigenvalue weighted by atomic mass is 19.1. The van der Waals surface area contributed by atoms with Crippen molar-refractivity contribution in [1.82, 2.24) is 14.9 Å². The second-order valence-corrected chi connectivity index (χ2v) is 6.59. The minimum atomic E-state index is -0.296. The van der Waals surface area contributed by atoms with Crippen molar-refractivity contribution < 1.29 is 9.13 Å². The maximum Gasteiger partial charge on any atom is 0.225 e. The van der Waals surface area contributed by atoms with Crippen LogP contribution in [0.4, 0.5) is 10.3 Å². The van der Waals surface area contributed by atoms with Crippen molar-refractivity contribution in [3.8, 4) is 5.75 Å². The zero-order valence-corrected chi connectivity index (χ0v) is 13.9. The summed E-state index contributed by atoms with van der Waals surface area (Å²) in [6, 6.07) is 8.11. The van der Waals surface area contributed by atoms with Gasteiger partial charge >= 0.3 is 0 Å². The van der Waals surface area contributed by atoms with E-state index >= 15 is 0 Å². The number of ether oxygens (including phenoxy) is 1. The van der Waals surface area contributed by atoms with Crippen LogP contribution in [0.3, 0.4) is 0 Å². The van der Waals surface area contributed by atoms with Gasteiger partial charge in [0.2, 0.25) is 5.95 Å². The van der Waals surface area contributed by atoms with Gasteiger partial charge < -0.3 is 9.64 Å². The van der Waals surface area contributed by atoms with Crippen molar-refractivity contribution >= 4 is 5.95 Å². The third-order valence-corrected chi connectivity index (χ3v) is 4.99. The minimum absolute atomic E-state index is 0.296. The molecule has 3 aliphatic heterocycles. The predicted molar refractivity (Wildman–Crippen MR) is 89.7 cm³/mol. The molecule has 5 nitrogen and oxygen atoms in total. The number of aryl methyl sites for hydroxylation is 1. The molecule has 4 heterocycles. The van der Waals surface area contributed by atoms with Gasteiger partial charge in [-0.25, -0.2) is 14.4 Å². The molecule has 5 rings (SSSR count). The largest absolute Gasteiger partial charge is 0.494 e. The molecule has 2 atom stereocenters. The second kappa shape index (κ2) is 6.02. The first-order chi connectivity index (χ1) is 11.6. The maximum absolute atomic E-state index is 13.9. The highest BCUT2D eigenvalue weighted by Gasteiger charge is 2.45. The van der Waals surface area contributed by atoms with E-state index in [0.717, 1.165) is 36.8 Å². The number of nitrogens with zero attached hydrogens (tertiary/aromatic N) is 4. The normalized spacial score (nSPS) is 23.0. The van der Waals surface area contributed by atoms with Crippen LogP contribution in [-0.4, -0.2) is 47.2 Å². The average molecular weight is 328 g/mol. The molecule has 24 heavy (non-hydrogen) atoms. The monoisotopic (exact) mass is 328 g/mol. The molecule has 0 saturated carbocycles. The third-order valence-electron chi connectivity index (χ3n) is 4.99. The van der Waals surface area contributed by atoms with E-state index in [2.05, 4.69) is 19.8 Å². The van der Waals surface area contributed by atoms with Crippen LogP contribution in [-0.2, 0) is 6.54 Å². The molecule has 0 amide bonds. The Balaban J connectivity index is 1.43. The van der Waals surface area contributed by atoms with Gasteiger partial charge in [-0.2, -0.15) is 0 Å². The van der Waals surface area contributed by atoms with Crippen molar-refractivity contribution in [2.24, 2.45) is 0 Å². The lowest BCUT2D eigenvalue weighted by molar-refractivity contribution is -0.00904. The number of fused-ring (bicyclic) bond motifs is 2. The van der Waals surface area contributed by atoms with Crippen molar-refractivity contribution in [3.05, 3.63) is 47.5 Å². The number of hydrogen-bond acceptors (Lipinski definition) is 5. The Labute approximate surface area is 141 Å². The lowest BCUT2D eigenvalue weighted by Gasteiger charge is -2.56. The van der Waals surface area contributed by atoms with Crippen LogP contribution in [0.15, 0.2) is 30.5 Å². The van der Waals surface area contributed by atoms with Gasteiger partial charge in [0.15, 0.2) is 11.6 Å². The number of piperidine rings is 1. The molecule has 2 aromatic rings. The van der Waals surface area contributed by atoms with E-state index in [-0.39, 0.29) is 5.82 Å². The summed E-state index contributed by atoms with van der Waals surface area (Å²) >= 11 is 0. The summed E-state index contributed by atoms with van der Waals surface area (Å²) in [5.41, 5.74) is 1.98. The quantitative estimate of drug-likeness (QED) is 0.862. The summed E-state index contributed by atoms with van der Waals surface area (Å²) in [6.07, 6.45) is 3.01. The van der Waals surface area contributed by atoms with Crippen LogP contribution in [0.5, 0.6) is 5.75 Å². The Morgan fingerprint density at radius 2 is 2.04 bits per heavy atom. The number of anilines is 1. The van der Waals surface area contributed by atoms with E-state index < -0.39 is 0 Å². The fourth-order valence-corrected chi connectivity index (χ4v) is 3.72. The van der Waals surface area contributed by atoms with Gasteiger partial charge in [-0.15, -0.1) is 0 Å². The molecular formula is C18H21FN4O. The summed E-state index contributed by atoms with van der Waals surface area (Å²) in [6.45, 7) is 4.62. The number of hydrogen-bond donors (Lipinski definition) is 0. The maximum atomic E-state index is 13.9. The first-order valence-corrected chi connectivity index (χ1v) is 8.27. The van der Waals surface area contributed by atoms with Crippen LogP contribution >= 0.6 is 0 Å². The molecule has 3 saturated heterocycles. The molecule has 0 spiro atoms. The van der Waals surface area contributed by atoms with Crippen molar-refractivity contribution in [2.75, 3.05) is 25.1 Å². The Morgan fingerprint density at radius 1 is 1.25 bits per heavy atom. The average Bonchev–Trinajstić information content (AvgIpc) is 2.60. The Bertz CT molecular complexity index is 742. The molecule has 1 aromatic carbocycles. The number of methoxy groups -OCH3 is 1. The lowest BCUT2D eigenvalue weighted by Crippen LogP contribution is -2.68. The van der Waals surface area contributed by atoms with E-state index in [1.54, 1.807) is 12.1 Å². The van der Waals surface area contributed by atoms with Crippen molar-refractivity contribution in [3.63, 3.8) is 0 Å². The van der Waals surface area contributed by atoms with Gasteiger partial charge in [0, 0.05) is 43.6 Å². The Hall–Kier alpha value is -2.21. The first kappa shape index (κ1) is 15.3. The fraction of sp³-hybridized carbons (Fsp3) is 0.444. The highest BCUT2D eigenvalue weighted by molar-refractivity contribution is 5.35. The van der Waals surface area contributed by atoms with E-state index in [4.69, 9.17) is 4.74 Å². The Morgan fingerprint density at radius 3 is 2.71 bits per heavy atom. The first-order valence-electron chi connectivity index (χ1n) is 8.27. The van der Waals surface area contributed by atoms with Gasteiger partial charge in [-0.3, -0.25) is 4.90 Å². The topological polar surface area (TPSA) is 41.5 Å². The number of piperazine rings is 1.